The van der Waals surface area contributed by atoms with Crippen molar-refractivity contribution in [2.24, 2.45) is 0 Å². The lowest BCUT2D eigenvalue weighted by molar-refractivity contribution is -0.137. The molecule has 0 saturated carbocycles. The molecule has 0 amide bonds. The maximum atomic E-state index is 12.6. The van der Waals surface area contributed by atoms with Gasteiger partial charge in [0.15, 0.2) is 12.4 Å². The van der Waals surface area contributed by atoms with E-state index in [9.17, 15) is 18.0 Å². The van der Waals surface area contributed by atoms with Crippen LogP contribution in [0.3, 0.4) is 0 Å². The van der Waals surface area contributed by atoms with E-state index in [-0.39, 0.29) is 24.2 Å². The summed E-state index contributed by atoms with van der Waals surface area (Å²) in [6, 6.07) is 4.40. The highest BCUT2D eigenvalue weighted by atomic mass is 19.4. The SMILES string of the molecule is O=C(/C=C/C1C=C2C=[C]C=C2O1)COc1cccc(C(F)(F)F)c1. The average molecular weight is 333 g/mol. The molecule has 1 heterocycles. The van der Waals surface area contributed by atoms with Crippen LogP contribution in [0.5, 0.6) is 5.75 Å². The van der Waals surface area contributed by atoms with Crippen LogP contribution in [-0.4, -0.2) is 18.5 Å². The Balaban J connectivity index is 1.53. The maximum Gasteiger partial charge on any atom is 0.416 e. The Labute approximate surface area is 136 Å². The van der Waals surface area contributed by atoms with E-state index in [0.29, 0.717) is 5.76 Å². The van der Waals surface area contributed by atoms with E-state index in [0.717, 1.165) is 17.7 Å². The quantitative estimate of drug-likeness (QED) is 0.769. The van der Waals surface area contributed by atoms with E-state index in [4.69, 9.17) is 9.47 Å². The second kappa shape index (κ2) is 6.39. The molecule has 2 aliphatic rings. The van der Waals surface area contributed by atoms with Gasteiger partial charge in [0.25, 0.3) is 0 Å². The van der Waals surface area contributed by atoms with E-state index in [1.165, 1.54) is 18.2 Å². The molecule has 24 heavy (non-hydrogen) atoms. The standard InChI is InChI=1S/C18H12F3O3/c19-18(20,21)13-4-2-5-15(10-13)23-11-14(22)7-8-16-9-12-3-1-6-17(12)24-16/h2-10,16H,11H2/b8-7+. The molecule has 1 aliphatic heterocycles. The number of ether oxygens (including phenoxy) is 2. The van der Waals surface area contributed by atoms with E-state index in [2.05, 4.69) is 6.08 Å². The van der Waals surface area contributed by atoms with E-state index >= 15 is 0 Å². The first-order valence-corrected chi connectivity index (χ1v) is 7.11. The minimum atomic E-state index is -4.45. The van der Waals surface area contributed by atoms with Gasteiger partial charge in [0.2, 0.25) is 0 Å². The lowest BCUT2D eigenvalue weighted by Crippen LogP contribution is -2.11. The van der Waals surface area contributed by atoms with Crippen LogP contribution in [0.4, 0.5) is 13.2 Å². The van der Waals surface area contributed by atoms with Crippen molar-refractivity contribution in [2.75, 3.05) is 6.61 Å². The summed E-state index contributed by atoms with van der Waals surface area (Å²) in [5.41, 5.74) is 0.0935. The third-order valence-electron chi connectivity index (χ3n) is 3.36. The number of carbonyl (C=O) groups is 1. The Kier molecular flexibility index (Phi) is 4.29. The Morgan fingerprint density at radius 2 is 2.21 bits per heavy atom. The number of ketones is 1. The van der Waals surface area contributed by atoms with Gasteiger partial charge in [-0.3, -0.25) is 4.79 Å². The van der Waals surface area contributed by atoms with Crippen molar-refractivity contribution < 1.29 is 27.4 Å². The average Bonchev–Trinajstić information content (AvgIpc) is 3.11. The second-order valence-corrected chi connectivity index (χ2v) is 5.16. The van der Waals surface area contributed by atoms with E-state index < -0.39 is 11.7 Å². The van der Waals surface area contributed by atoms with Crippen molar-refractivity contribution in [3.8, 4) is 5.75 Å². The lowest BCUT2D eigenvalue weighted by Gasteiger charge is -2.09. The van der Waals surface area contributed by atoms with Crippen LogP contribution >= 0.6 is 0 Å². The van der Waals surface area contributed by atoms with Gasteiger partial charge in [0.1, 0.15) is 17.6 Å². The molecule has 3 rings (SSSR count). The number of fused-ring (bicyclic) bond motifs is 1. The van der Waals surface area contributed by atoms with Crippen molar-refractivity contribution in [1.29, 1.82) is 0 Å². The summed E-state index contributed by atoms with van der Waals surface area (Å²) in [5, 5.41) is 0. The number of halogens is 3. The molecule has 123 valence electrons. The first kappa shape index (κ1) is 16.1. The van der Waals surface area contributed by atoms with Crippen LogP contribution in [0.1, 0.15) is 5.56 Å². The summed E-state index contributed by atoms with van der Waals surface area (Å²) in [6.45, 7) is -0.350. The molecule has 3 nitrogen and oxygen atoms in total. The van der Waals surface area contributed by atoms with Gasteiger partial charge in [-0.1, -0.05) is 6.07 Å². The number of hydrogen-bond donors (Lipinski definition) is 0. The molecule has 1 radical (unpaired) electrons. The van der Waals surface area contributed by atoms with Gasteiger partial charge in [0, 0.05) is 5.57 Å². The van der Waals surface area contributed by atoms with Crippen LogP contribution < -0.4 is 4.74 Å². The first-order chi connectivity index (χ1) is 11.4. The number of alkyl halides is 3. The van der Waals surface area contributed by atoms with Crippen molar-refractivity contribution in [3.63, 3.8) is 0 Å². The number of rotatable bonds is 5. The Bertz CT molecular complexity index is 770. The summed E-state index contributed by atoms with van der Waals surface area (Å²) >= 11 is 0. The second-order valence-electron chi connectivity index (χ2n) is 5.16. The number of hydrogen-bond acceptors (Lipinski definition) is 3. The van der Waals surface area contributed by atoms with Gasteiger partial charge in [-0.15, -0.1) is 0 Å². The molecule has 0 N–H and O–H groups in total. The highest BCUT2D eigenvalue weighted by molar-refractivity contribution is 5.91. The fraction of sp³-hybridized carbons (Fsp3) is 0.167. The monoisotopic (exact) mass is 333 g/mol. The molecule has 6 heteroatoms. The summed E-state index contributed by atoms with van der Waals surface area (Å²) in [7, 11) is 0. The molecule has 1 aromatic carbocycles. The molecule has 1 aromatic rings. The summed E-state index contributed by atoms with van der Waals surface area (Å²) in [6.07, 6.45) is 6.28. The molecule has 0 fully saturated rings. The highest BCUT2D eigenvalue weighted by Gasteiger charge is 2.30. The minimum Gasteiger partial charge on any atom is -0.485 e. The molecule has 0 spiro atoms. The van der Waals surface area contributed by atoms with Crippen LogP contribution in [0.2, 0.25) is 0 Å². The third-order valence-corrected chi connectivity index (χ3v) is 3.36. The highest BCUT2D eigenvalue weighted by Crippen LogP contribution is 2.31. The van der Waals surface area contributed by atoms with Crippen molar-refractivity contribution in [1.82, 2.24) is 0 Å². The largest absolute Gasteiger partial charge is 0.485 e. The van der Waals surface area contributed by atoms with Gasteiger partial charge in [-0.05, 0) is 54.7 Å². The first-order valence-electron chi connectivity index (χ1n) is 7.11. The zero-order valence-corrected chi connectivity index (χ0v) is 12.3. The zero-order chi connectivity index (χ0) is 17.2. The Morgan fingerprint density at radius 1 is 1.38 bits per heavy atom. The van der Waals surface area contributed by atoms with Crippen LogP contribution in [-0.2, 0) is 15.7 Å². The number of allylic oxidation sites excluding steroid dienone is 3. The maximum absolute atomic E-state index is 12.6. The number of benzene rings is 1. The van der Waals surface area contributed by atoms with Crippen LogP contribution in [0.15, 0.2) is 66.0 Å². The van der Waals surface area contributed by atoms with Crippen LogP contribution in [0, 0.1) is 6.08 Å². The Morgan fingerprint density at radius 3 is 2.96 bits per heavy atom. The Hall–Kier alpha value is -2.76. The fourth-order valence-electron chi connectivity index (χ4n) is 2.21. The molecular weight excluding hydrogens is 321 g/mol. The number of carbonyl (C=O) groups excluding carboxylic acids is 1. The van der Waals surface area contributed by atoms with Crippen molar-refractivity contribution in [3.05, 3.63) is 77.6 Å². The van der Waals surface area contributed by atoms with E-state index in [1.54, 1.807) is 18.2 Å². The van der Waals surface area contributed by atoms with Crippen LogP contribution in [0.25, 0.3) is 0 Å². The molecule has 0 aromatic heterocycles. The smallest absolute Gasteiger partial charge is 0.416 e. The van der Waals surface area contributed by atoms with Gasteiger partial charge < -0.3 is 9.47 Å². The summed E-state index contributed by atoms with van der Waals surface area (Å²) < 4.78 is 48.4. The third kappa shape index (κ3) is 3.76. The molecule has 1 atom stereocenters. The molecule has 1 aliphatic carbocycles. The fourth-order valence-corrected chi connectivity index (χ4v) is 2.21. The van der Waals surface area contributed by atoms with Gasteiger partial charge in [0.05, 0.1) is 5.56 Å². The van der Waals surface area contributed by atoms with Gasteiger partial charge >= 0.3 is 6.18 Å². The normalized spacial score (nSPS) is 19.0. The molecule has 1 unspecified atom stereocenters. The summed E-state index contributed by atoms with van der Waals surface area (Å²) in [5.74, 6) is 0.325. The predicted octanol–water partition coefficient (Wildman–Crippen LogP) is 3.79. The zero-order valence-electron chi connectivity index (χ0n) is 12.3. The van der Waals surface area contributed by atoms with Gasteiger partial charge in [-0.25, -0.2) is 0 Å². The van der Waals surface area contributed by atoms with Crippen molar-refractivity contribution in [2.45, 2.75) is 12.3 Å². The molecule has 0 bridgehead atoms. The van der Waals surface area contributed by atoms with Gasteiger partial charge in [-0.2, -0.15) is 13.2 Å². The topological polar surface area (TPSA) is 35.5 Å². The minimum absolute atomic E-state index is 0.00817. The lowest BCUT2D eigenvalue weighted by atomic mass is 10.2. The van der Waals surface area contributed by atoms with Crippen molar-refractivity contribution >= 4 is 5.78 Å². The van der Waals surface area contributed by atoms with E-state index in [1.807, 2.05) is 6.08 Å². The summed E-state index contributed by atoms with van der Waals surface area (Å²) in [4.78, 5) is 11.8. The molecule has 0 saturated heterocycles. The predicted molar refractivity (Wildman–Crippen MR) is 79.9 cm³/mol. The molecular formula is C18H12F3O3.